The van der Waals surface area contributed by atoms with Crippen molar-refractivity contribution in [3.63, 3.8) is 0 Å². The molecule has 2 saturated heterocycles. The maximum absolute atomic E-state index is 3.52. The van der Waals surface area contributed by atoms with Gasteiger partial charge in [-0.15, -0.1) is 0 Å². The average molecular weight is 210 g/mol. The molecule has 0 aromatic heterocycles. The van der Waals surface area contributed by atoms with Gasteiger partial charge in [0, 0.05) is 19.1 Å². The van der Waals surface area contributed by atoms with Gasteiger partial charge in [0.05, 0.1) is 0 Å². The van der Waals surface area contributed by atoms with Crippen molar-refractivity contribution in [2.24, 2.45) is 11.8 Å². The number of rotatable bonds is 5. The third kappa shape index (κ3) is 2.54. The molecule has 0 aromatic rings. The molecule has 0 saturated carbocycles. The van der Waals surface area contributed by atoms with E-state index >= 15 is 0 Å². The number of hydrogen-bond acceptors (Lipinski definition) is 2. The van der Waals surface area contributed by atoms with Gasteiger partial charge in [-0.2, -0.15) is 0 Å². The Morgan fingerprint density at radius 2 is 1.60 bits per heavy atom. The second-order valence-electron chi connectivity index (χ2n) is 5.36. The molecule has 0 aromatic carbocycles. The predicted molar refractivity (Wildman–Crippen MR) is 65.0 cm³/mol. The molecule has 0 radical (unpaired) electrons. The molecule has 0 bridgehead atoms. The highest BCUT2D eigenvalue weighted by molar-refractivity contribution is 4.93. The van der Waals surface area contributed by atoms with Crippen LogP contribution in [0.5, 0.6) is 0 Å². The smallest absolute Gasteiger partial charge is 0.00953 e. The van der Waals surface area contributed by atoms with E-state index in [1.807, 2.05) is 0 Å². The fraction of sp³-hybridized carbons (Fsp3) is 1.00. The van der Waals surface area contributed by atoms with Crippen LogP contribution in [0.3, 0.4) is 0 Å². The summed E-state index contributed by atoms with van der Waals surface area (Å²) in [5, 5.41) is 3.52. The first-order chi connectivity index (χ1) is 7.35. The Balaban J connectivity index is 1.86. The summed E-state index contributed by atoms with van der Waals surface area (Å²) in [6.07, 6.45) is 5.49. The molecule has 0 unspecified atom stereocenters. The third-order valence-corrected chi connectivity index (χ3v) is 4.18. The van der Waals surface area contributed by atoms with Gasteiger partial charge in [-0.25, -0.2) is 0 Å². The van der Waals surface area contributed by atoms with Crippen LogP contribution in [0.4, 0.5) is 0 Å². The van der Waals surface area contributed by atoms with Crippen molar-refractivity contribution in [1.82, 2.24) is 10.2 Å². The molecule has 0 aliphatic carbocycles. The summed E-state index contributed by atoms with van der Waals surface area (Å²) in [6.45, 7) is 9.91. The monoisotopic (exact) mass is 210 g/mol. The Hall–Kier alpha value is -0.0800. The quantitative estimate of drug-likeness (QED) is 0.747. The Bertz CT molecular complexity index is 175. The summed E-state index contributed by atoms with van der Waals surface area (Å²) in [6, 6.07) is 0.880. The van der Waals surface area contributed by atoms with Gasteiger partial charge < -0.3 is 5.32 Å². The molecule has 88 valence electrons. The van der Waals surface area contributed by atoms with Gasteiger partial charge in [0.15, 0.2) is 0 Å². The number of nitrogens with zero attached hydrogens (tertiary/aromatic N) is 1. The van der Waals surface area contributed by atoms with Crippen LogP contribution in [-0.2, 0) is 0 Å². The Labute approximate surface area is 94.4 Å². The van der Waals surface area contributed by atoms with Crippen LogP contribution in [0.1, 0.15) is 39.5 Å². The number of nitrogens with one attached hydrogen (secondary N) is 1. The van der Waals surface area contributed by atoms with Crippen LogP contribution in [0.2, 0.25) is 0 Å². The Morgan fingerprint density at radius 3 is 2.07 bits per heavy atom. The highest BCUT2D eigenvalue weighted by Crippen LogP contribution is 2.29. The second-order valence-corrected chi connectivity index (χ2v) is 5.36. The van der Waals surface area contributed by atoms with Crippen molar-refractivity contribution < 1.29 is 0 Å². The fourth-order valence-corrected chi connectivity index (χ4v) is 3.37. The molecule has 2 rings (SSSR count). The van der Waals surface area contributed by atoms with E-state index in [1.54, 1.807) is 0 Å². The van der Waals surface area contributed by atoms with Crippen LogP contribution >= 0.6 is 0 Å². The van der Waals surface area contributed by atoms with Crippen LogP contribution < -0.4 is 5.32 Å². The maximum Gasteiger partial charge on any atom is 0.00953 e. The lowest BCUT2D eigenvalue weighted by Crippen LogP contribution is -2.35. The molecule has 1 N–H and O–H groups in total. The summed E-state index contributed by atoms with van der Waals surface area (Å²) >= 11 is 0. The molecule has 2 heteroatoms. The summed E-state index contributed by atoms with van der Waals surface area (Å²) in [5.74, 6) is 1.92. The molecule has 2 heterocycles. The first-order valence-corrected chi connectivity index (χ1v) is 6.79. The molecular weight excluding hydrogens is 184 g/mol. The minimum Gasteiger partial charge on any atom is -0.316 e. The zero-order valence-electron chi connectivity index (χ0n) is 10.3. The molecule has 0 amide bonds. The molecule has 2 atom stereocenters. The van der Waals surface area contributed by atoms with E-state index in [0.29, 0.717) is 0 Å². The maximum atomic E-state index is 3.52. The summed E-state index contributed by atoms with van der Waals surface area (Å²) in [4.78, 5) is 2.78. The minimum atomic E-state index is 0.880. The van der Waals surface area contributed by atoms with E-state index in [2.05, 4.69) is 24.1 Å². The highest BCUT2D eigenvalue weighted by atomic mass is 15.2. The van der Waals surface area contributed by atoms with Crippen molar-refractivity contribution in [2.75, 3.05) is 26.2 Å². The van der Waals surface area contributed by atoms with Crippen LogP contribution in [0, 0.1) is 11.8 Å². The number of fused-ring (bicyclic) bond motifs is 1. The van der Waals surface area contributed by atoms with Crippen molar-refractivity contribution in [3.05, 3.63) is 0 Å². The molecule has 2 nitrogen and oxygen atoms in total. The topological polar surface area (TPSA) is 15.3 Å². The largest absolute Gasteiger partial charge is 0.316 e. The third-order valence-electron chi connectivity index (χ3n) is 4.18. The minimum absolute atomic E-state index is 0.880. The van der Waals surface area contributed by atoms with Crippen molar-refractivity contribution in [1.29, 1.82) is 0 Å². The van der Waals surface area contributed by atoms with E-state index in [-0.39, 0.29) is 0 Å². The molecule has 2 aliphatic heterocycles. The Morgan fingerprint density at radius 1 is 1.07 bits per heavy atom. The second kappa shape index (κ2) is 5.31. The van der Waals surface area contributed by atoms with Gasteiger partial charge in [-0.1, -0.05) is 26.7 Å². The summed E-state index contributed by atoms with van der Waals surface area (Å²) in [5.41, 5.74) is 0. The molecule has 2 fully saturated rings. The van der Waals surface area contributed by atoms with Gasteiger partial charge >= 0.3 is 0 Å². The van der Waals surface area contributed by atoms with Crippen molar-refractivity contribution in [3.8, 4) is 0 Å². The first kappa shape index (κ1) is 11.4. The van der Waals surface area contributed by atoms with E-state index in [0.717, 1.165) is 17.9 Å². The van der Waals surface area contributed by atoms with Crippen LogP contribution in [-0.4, -0.2) is 37.1 Å². The molecule has 15 heavy (non-hydrogen) atoms. The van der Waals surface area contributed by atoms with Crippen molar-refractivity contribution in [2.45, 2.75) is 45.6 Å². The molecule has 2 aliphatic rings. The zero-order chi connectivity index (χ0) is 10.7. The first-order valence-electron chi connectivity index (χ1n) is 6.79. The van der Waals surface area contributed by atoms with Crippen molar-refractivity contribution >= 4 is 0 Å². The zero-order valence-corrected chi connectivity index (χ0v) is 10.3. The van der Waals surface area contributed by atoms with E-state index in [1.165, 1.54) is 51.9 Å². The summed E-state index contributed by atoms with van der Waals surface area (Å²) in [7, 11) is 0. The lowest BCUT2D eigenvalue weighted by molar-refractivity contribution is 0.202. The van der Waals surface area contributed by atoms with E-state index in [9.17, 15) is 0 Å². The van der Waals surface area contributed by atoms with Gasteiger partial charge in [-0.3, -0.25) is 4.90 Å². The standard InChI is InChI=1S/C13H26N2/c1-3-5-13(6-4-2)15-9-11-7-14-8-12(11)10-15/h11-14H,3-10H2,1-2H3/t11-,12+. The number of hydrogen-bond donors (Lipinski definition) is 1. The van der Waals surface area contributed by atoms with Crippen LogP contribution in [0.25, 0.3) is 0 Å². The van der Waals surface area contributed by atoms with E-state index < -0.39 is 0 Å². The predicted octanol–water partition coefficient (Wildman–Crippen LogP) is 2.11. The van der Waals surface area contributed by atoms with Gasteiger partial charge in [0.1, 0.15) is 0 Å². The molecular formula is C13H26N2. The highest BCUT2D eigenvalue weighted by Gasteiger charge is 2.37. The SMILES string of the molecule is CCCC(CCC)N1C[C@H]2CNC[C@H]2C1. The molecule has 0 spiro atoms. The lowest BCUT2D eigenvalue weighted by atomic mass is 10.0. The average Bonchev–Trinajstić information content (AvgIpc) is 2.76. The van der Waals surface area contributed by atoms with Gasteiger partial charge in [0.2, 0.25) is 0 Å². The summed E-state index contributed by atoms with van der Waals surface area (Å²) < 4.78 is 0. The van der Waals surface area contributed by atoms with Gasteiger partial charge in [-0.05, 0) is 37.8 Å². The van der Waals surface area contributed by atoms with Gasteiger partial charge in [0.25, 0.3) is 0 Å². The van der Waals surface area contributed by atoms with Crippen LogP contribution in [0.15, 0.2) is 0 Å². The van der Waals surface area contributed by atoms with E-state index in [4.69, 9.17) is 0 Å². The fourth-order valence-electron chi connectivity index (χ4n) is 3.37. The normalized spacial score (nSPS) is 31.4. The Kier molecular flexibility index (Phi) is 4.04. The lowest BCUT2D eigenvalue weighted by Gasteiger charge is -2.28. The number of likely N-dealkylation sites (tertiary alicyclic amines) is 1.